The lowest BCUT2D eigenvalue weighted by Crippen LogP contribution is -2.26. The zero-order valence-electron chi connectivity index (χ0n) is 14.9. The van der Waals surface area contributed by atoms with Gasteiger partial charge in [-0.05, 0) is 19.3 Å². The topological polar surface area (TPSA) is 106 Å². The van der Waals surface area contributed by atoms with E-state index in [2.05, 4.69) is 14.9 Å². The van der Waals surface area contributed by atoms with Gasteiger partial charge >= 0.3 is 0 Å². The number of methoxy groups -OCH3 is 1. The standard InChI is InChI=1S/C17H25N5O4/c1-25-17-16-15(18-10-19-17)12(7-21-6-11(9-23)13(24)8-21)22(20-16)14-4-2-3-5-26-14/h10-11,13-14,23-24H,2-9H2,1H3/t11-,13+,14?/m1/s1. The molecule has 0 aromatic carbocycles. The molecule has 142 valence electrons. The first-order valence-electron chi connectivity index (χ1n) is 9.10. The summed E-state index contributed by atoms with van der Waals surface area (Å²) in [4.78, 5) is 10.7. The molecule has 0 amide bonds. The second-order valence-electron chi connectivity index (χ2n) is 7.00. The Morgan fingerprint density at radius 1 is 1.27 bits per heavy atom. The summed E-state index contributed by atoms with van der Waals surface area (Å²) in [6.07, 6.45) is 3.90. The minimum atomic E-state index is -0.516. The van der Waals surface area contributed by atoms with Crippen LogP contribution in [0.1, 0.15) is 31.2 Å². The molecule has 2 fully saturated rings. The summed E-state index contributed by atoms with van der Waals surface area (Å²) in [5.41, 5.74) is 2.30. The molecule has 0 bridgehead atoms. The number of aliphatic hydroxyl groups is 2. The average Bonchev–Trinajstić information content (AvgIpc) is 3.22. The van der Waals surface area contributed by atoms with E-state index in [0.29, 0.717) is 31.0 Å². The molecule has 2 N–H and O–H groups in total. The third-order valence-corrected chi connectivity index (χ3v) is 5.26. The molecule has 1 unspecified atom stereocenters. The number of likely N-dealkylation sites (tertiary alicyclic amines) is 1. The van der Waals surface area contributed by atoms with Crippen molar-refractivity contribution in [2.45, 2.75) is 38.1 Å². The van der Waals surface area contributed by atoms with Crippen molar-refractivity contribution in [1.29, 1.82) is 0 Å². The Kier molecular flexibility index (Phi) is 5.03. The molecular formula is C17H25N5O4. The van der Waals surface area contributed by atoms with Crippen LogP contribution >= 0.6 is 0 Å². The Labute approximate surface area is 151 Å². The number of aromatic nitrogens is 4. The zero-order valence-corrected chi connectivity index (χ0v) is 14.9. The third kappa shape index (κ3) is 3.16. The van der Waals surface area contributed by atoms with Crippen molar-refractivity contribution in [2.24, 2.45) is 5.92 Å². The van der Waals surface area contributed by atoms with E-state index in [4.69, 9.17) is 14.6 Å². The molecular weight excluding hydrogens is 338 g/mol. The van der Waals surface area contributed by atoms with Crippen LogP contribution in [0.5, 0.6) is 5.88 Å². The van der Waals surface area contributed by atoms with Crippen LogP contribution in [-0.2, 0) is 11.3 Å². The molecule has 2 saturated heterocycles. The average molecular weight is 363 g/mol. The van der Waals surface area contributed by atoms with Gasteiger partial charge in [0.15, 0.2) is 11.7 Å². The van der Waals surface area contributed by atoms with Gasteiger partial charge in [-0.1, -0.05) is 0 Å². The fourth-order valence-electron chi connectivity index (χ4n) is 3.85. The number of rotatable bonds is 5. The lowest BCUT2D eigenvalue weighted by atomic mass is 10.1. The van der Waals surface area contributed by atoms with E-state index in [1.165, 1.54) is 6.33 Å². The predicted molar refractivity (Wildman–Crippen MR) is 92.6 cm³/mol. The van der Waals surface area contributed by atoms with Crippen molar-refractivity contribution in [2.75, 3.05) is 33.4 Å². The Bertz CT molecular complexity index is 761. The summed E-state index contributed by atoms with van der Waals surface area (Å²) in [7, 11) is 1.57. The maximum Gasteiger partial charge on any atom is 0.245 e. The van der Waals surface area contributed by atoms with Crippen molar-refractivity contribution < 1.29 is 19.7 Å². The maximum atomic E-state index is 10.1. The third-order valence-electron chi connectivity index (χ3n) is 5.26. The Balaban J connectivity index is 1.71. The summed E-state index contributed by atoms with van der Waals surface area (Å²) in [6.45, 7) is 2.44. The van der Waals surface area contributed by atoms with Gasteiger partial charge in [0.2, 0.25) is 5.88 Å². The van der Waals surface area contributed by atoms with Crippen molar-refractivity contribution in [3.63, 3.8) is 0 Å². The van der Waals surface area contributed by atoms with E-state index < -0.39 is 6.10 Å². The quantitative estimate of drug-likeness (QED) is 0.782. The number of nitrogens with zero attached hydrogens (tertiary/aromatic N) is 5. The van der Waals surface area contributed by atoms with Crippen LogP contribution in [0.15, 0.2) is 6.33 Å². The van der Waals surface area contributed by atoms with E-state index in [9.17, 15) is 10.2 Å². The summed E-state index contributed by atoms with van der Waals surface area (Å²) in [6, 6.07) is 0. The molecule has 26 heavy (non-hydrogen) atoms. The van der Waals surface area contributed by atoms with Crippen molar-refractivity contribution in [3.05, 3.63) is 12.0 Å². The van der Waals surface area contributed by atoms with E-state index in [0.717, 1.165) is 37.1 Å². The number of hydrogen-bond donors (Lipinski definition) is 2. The molecule has 9 heteroatoms. The molecule has 2 aromatic heterocycles. The van der Waals surface area contributed by atoms with Gasteiger partial charge in [-0.2, -0.15) is 10.1 Å². The summed E-state index contributed by atoms with van der Waals surface area (Å²) >= 11 is 0. The largest absolute Gasteiger partial charge is 0.479 e. The van der Waals surface area contributed by atoms with E-state index >= 15 is 0 Å². The summed E-state index contributed by atoms with van der Waals surface area (Å²) in [5, 5.41) is 24.2. The molecule has 2 aliphatic rings. The predicted octanol–water partition coefficient (Wildman–Crippen LogP) is 0.319. The van der Waals surface area contributed by atoms with Gasteiger partial charge in [-0.15, -0.1) is 0 Å². The van der Waals surface area contributed by atoms with Gasteiger partial charge in [-0.25, -0.2) is 9.67 Å². The van der Waals surface area contributed by atoms with Gasteiger partial charge in [0.05, 0.1) is 18.9 Å². The summed E-state index contributed by atoms with van der Waals surface area (Å²) < 4.78 is 13.2. The van der Waals surface area contributed by atoms with Gasteiger partial charge in [0, 0.05) is 38.8 Å². The molecule has 3 atom stereocenters. The lowest BCUT2D eigenvalue weighted by Gasteiger charge is -2.25. The monoisotopic (exact) mass is 363 g/mol. The van der Waals surface area contributed by atoms with Crippen molar-refractivity contribution in [3.8, 4) is 5.88 Å². The first-order valence-corrected chi connectivity index (χ1v) is 9.10. The number of aliphatic hydroxyl groups excluding tert-OH is 2. The Hall–Kier alpha value is -1.81. The second-order valence-corrected chi connectivity index (χ2v) is 7.00. The molecule has 2 aliphatic heterocycles. The Morgan fingerprint density at radius 3 is 2.85 bits per heavy atom. The van der Waals surface area contributed by atoms with Crippen LogP contribution in [0.3, 0.4) is 0 Å². The second kappa shape index (κ2) is 7.43. The molecule has 2 aromatic rings. The maximum absolute atomic E-state index is 10.1. The highest BCUT2D eigenvalue weighted by Gasteiger charge is 2.33. The fraction of sp³-hybridized carbons (Fsp3) is 0.706. The van der Waals surface area contributed by atoms with E-state index in [1.807, 2.05) is 4.68 Å². The van der Waals surface area contributed by atoms with Crippen LogP contribution in [0, 0.1) is 5.92 Å². The van der Waals surface area contributed by atoms with Crippen LogP contribution in [0.2, 0.25) is 0 Å². The number of β-amino-alcohol motifs (C(OH)–C–C–N with tert-alkyl or cyclic N) is 1. The summed E-state index contributed by atoms with van der Waals surface area (Å²) in [5.74, 6) is 0.327. The first-order chi connectivity index (χ1) is 12.7. The minimum Gasteiger partial charge on any atom is -0.479 e. The molecule has 4 heterocycles. The van der Waals surface area contributed by atoms with E-state index in [1.54, 1.807) is 7.11 Å². The van der Waals surface area contributed by atoms with Gasteiger partial charge < -0.3 is 19.7 Å². The number of fused-ring (bicyclic) bond motifs is 1. The van der Waals surface area contributed by atoms with Crippen LogP contribution in [0.4, 0.5) is 0 Å². The highest BCUT2D eigenvalue weighted by atomic mass is 16.5. The SMILES string of the molecule is COc1ncnc2c(CN3C[C@H](CO)[C@@H](O)C3)n(C3CCCCO3)nc12. The van der Waals surface area contributed by atoms with Gasteiger partial charge in [-0.3, -0.25) is 4.90 Å². The number of ether oxygens (including phenoxy) is 2. The minimum absolute atomic E-state index is 0.0145. The smallest absolute Gasteiger partial charge is 0.245 e. The Morgan fingerprint density at radius 2 is 2.15 bits per heavy atom. The van der Waals surface area contributed by atoms with Crippen LogP contribution < -0.4 is 4.74 Å². The molecule has 9 nitrogen and oxygen atoms in total. The molecule has 0 radical (unpaired) electrons. The first kappa shape index (κ1) is 17.6. The molecule has 4 rings (SSSR count). The van der Waals surface area contributed by atoms with Crippen molar-refractivity contribution in [1.82, 2.24) is 24.6 Å². The highest BCUT2D eigenvalue weighted by molar-refractivity contribution is 5.81. The van der Waals surface area contributed by atoms with Crippen molar-refractivity contribution >= 4 is 11.0 Å². The zero-order chi connectivity index (χ0) is 18.1. The van der Waals surface area contributed by atoms with E-state index in [-0.39, 0.29) is 18.8 Å². The van der Waals surface area contributed by atoms with Crippen LogP contribution in [-0.4, -0.2) is 74.4 Å². The van der Waals surface area contributed by atoms with Gasteiger partial charge in [0.25, 0.3) is 0 Å². The lowest BCUT2D eigenvalue weighted by molar-refractivity contribution is -0.0415. The highest BCUT2D eigenvalue weighted by Crippen LogP contribution is 2.31. The van der Waals surface area contributed by atoms with Crippen LogP contribution in [0.25, 0.3) is 11.0 Å². The number of hydrogen-bond acceptors (Lipinski definition) is 8. The fourth-order valence-corrected chi connectivity index (χ4v) is 3.85. The molecule has 0 aliphatic carbocycles. The molecule has 0 spiro atoms. The normalized spacial score (nSPS) is 27.3. The molecule has 0 saturated carbocycles. The van der Waals surface area contributed by atoms with Gasteiger partial charge in [0.1, 0.15) is 11.8 Å².